The van der Waals surface area contributed by atoms with Gasteiger partial charge in [0.05, 0.1) is 0 Å². The van der Waals surface area contributed by atoms with Crippen LogP contribution in [0.15, 0.2) is 48.2 Å². The molecule has 2 N–H and O–H groups in total. The highest BCUT2D eigenvalue weighted by atomic mass is 14.9. The van der Waals surface area contributed by atoms with Crippen LogP contribution in [0.5, 0.6) is 0 Å². The second-order valence-corrected chi connectivity index (χ2v) is 6.44. The minimum atomic E-state index is 0.256. The third-order valence-electron chi connectivity index (χ3n) is 4.16. The van der Waals surface area contributed by atoms with Crippen molar-refractivity contribution < 1.29 is 0 Å². The van der Waals surface area contributed by atoms with E-state index in [0.29, 0.717) is 0 Å². The van der Waals surface area contributed by atoms with E-state index in [2.05, 4.69) is 94.7 Å². The van der Waals surface area contributed by atoms with Gasteiger partial charge in [0, 0.05) is 23.1 Å². The molecule has 0 saturated carbocycles. The molecule has 2 aromatic rings. The molecule has 2 aromatic carbocycles. The van der Waals surface area contributed by atoms with Gasteiger partial charge >= 0.3 is 0 Å². The highest BCUT2D eigenvalue weighted by molar-refractivity contribution is 5.60. The first-order valence-electron chi connectivity index (χ1n) is 8.23. The van der Waals surface area contributed by atoms with Gasteiger partial charge in [0.25, 0.3) is 0 Å². The normalized spacial score (nSPS) is 12.9. The molecule has 0 amide bonds. The molecule has 2 heteroatoms. The van der Waals surface area contributed by atoms with E-state index in [9.17, 15) is 0 Å². The van der Waals surface area contributed by atoms with Crippen LogP contribution in [0, 0.1) is 27.7 Å². The Bertz CT molecular complexity index is 673. The largest absolute Gasteiger partial charge is 0.379 e. The molecule has 23 heavy (non-hydrogen) atoms. The Balaban J connectivity index is 2.11. The first-order chi connectivity index (χ1) is 10.9. The second kappa shape index (κ2) is 7.36. The number of rotatable bonds is 5. The van der Waals surface area contributed by atoms with Crippen molar-refractivity contribution in [3.8, 4) is 0 Å². The first-order valence-corrected chi connectivity index (χ1v) is 8.23. The van der Waals surface area contributed by atoms with E-state index in [-0.39, 0.29) is 6.04 Å². The van der Waals surface area contributed by atoms with Gasteiger partial charge in [-0.3, -0.25) is 0 Å². The lowest BCUT2D eigenvalue weighted by Crippen LogP contribution is -2.15. The van der Waals surface area contributed by atoms with E-state index in [4.69, 9.17) is 0 Å². The molecule has 0 aliphatic heterocycles. The minimum Gasteiger partial charge on any atom is -0.379 e. The number of nitrogens with one attached hydrogen (secondary N) is 2. The van der Waals surface area contributed by atoms with Crippen LogP contribution in [0.3, 0.4) is 0 Å². The lowest BCUT2D eigenvalue weighted by atomic mass is 10.1. The Hall–Kier alpha value is -2.22. The molecule has 0 radical (unpaired) electrons. The number of allylic oxidation sites excluding steroid dienone is 1. The molecular weight excluding hydrogens is 280 g/mol. The third kappa shape index (κ3) is 4.38. The van der Waals surface area contributed by atoms with E-state index >= 15 is 0 Å². The lowest BCUT2D eigenvalue weighted by molar-refractivity contribution is 0.975. The zero-order valence-electron chi connectivity index (χ0n) is 15.1. The maximum absolute atomic E-state index is 3.61. The number of hydrogen-bond acceptors (Lipinski definition) is 2. The van der Waals surface area contributed by atoms with Gasteiger partial charge in [0.1, 0.15) is 0 Å². The van der Waals surface area contributed by atoms with Crippen LogP contribution in [0.1, 0.15) is 36.1 Å². The van der Waals surface area contributed by atoms with Gasteiger partial charge in [-0.2, -0.15) is 0 Å². The van der Waals surface area contributed by atoms with E-state index in [1.54, 1.807) is 0 Å². The molecular formula is C21H28N2. The van der Waals surface area contributed by atoms with E-state index < -0.39 is 0 Å². The van der Waals surface area contributed by atoms with E-state index in [1.807, 2.05) is 0 Å². The van der Waals surface area contributed by atoms with Crippen molar-refractivity contribution in [2.45, 2.75) is 47.6 Å². The molecule has 2 rings (SSSR count). The molecule has 0 fully saturated rings. The summed E-state index contributed by atoms with van der Waals surface area (Å²) in [4.78, 5) is 0. The third-order valence-corrected chi connectivity index (χ3v) is 4.16. The van der Waals surface area contributed by atoms with Crippen molar-refractivity contribution in [3.05, 3.63) is 70.4 Å². The van der Waals surface area contributed by atoms with Gasteiger partial charge < -0.3 is 10.6 Å². The van der Waals surface area contributed by atoms with Crippen molar-refractivity contribution in [3.63, 3.8) is 0 Å². The highest BCUT2D eigenvalue weighted by Gasteiger charge is 2.06. The zero-order valence-corrected chi connectivity index (χ0v) is 15.1. The van der Waals surface area contributed by atoms with Crippen LogP contribution < -0.4 is 10.6 Å². The van der Waals surface area contributed by atoms with Crippen molar-refractivity contribution in [1.29, 1.82) is 0 Å². The molecule has 0 spiro atoms. The molecule has 2 nitrogen and oxygen atoms in total. The predicted octanol–water partition coefficient (Wildman–Crippen LogP) is 5.74. The van der Waals surface area contributed by atoms with Crippen LogP contribution >= 0.6 is 0 Å². The smallest absolute Gasteiger partial charge is 0.0441 e. The number of aryl methyl sites for hydroxylation is 4. The zero-order chi connectivity index (χ0) is 17.0. The summed E-state index contributed by atoms with van der Waals surface area (Å²) in [5.74, 6) is 0. The number of benzene rings is 2. The average molecular weight is 308 g/mol. The monoisotopic (exact) mass is 308 g/mol. The van der Waals surface area contributed by atoms with Gasteiger partial charge in [-0.15, -0.1) is 0 Å². The van der Waals surface area contributed by atoms with Crippen LogP contribution in [-0.4, -0.2) is 6.04 Å². The summed E-state index contributed by atoms with van der Waals surface area (Å²) in [6.07, 6.45) is 2.23. The molecule has 0 heterocycles. The summed E-state index contributed by atoms with van der Waals surface area (Å²) in [7, 11) is 0. The van der Waals surface area contributed by atoms with Crippen LogP contribution in [0.2, 0.25) is 0 Å². The lowest BCUT2D eigenvalue weighted by Gasteiger charge is -2.18. The van der Waals surface area contributed by atoms with Crippen molar-refractivity contribution >= 4 is 11.4 Å². The summed E-state index contributed by atoms with van der Waals surface area (Å²) < 4.78 is 0. The molecule has 0 aliphatic carbocycles. The molecule has 1 atom stereocenters. The molecule has 0 saturated heterocycles. The van der Waals surface area contributed by atoms with Gasteiger partial charge in [-0.1, -0.05) is 36.4 Å². The number of anilines is 2. The Kier molecular flexibility index (Phi) is 5.49. The highest BCUT2D eigenvalue weighted by Crippen LogP contribution is 2.23. The Morgan fingerprint density at radius 2 is 1.26 bits per heavy atom. The standard InChI is InChI=1S/C21H28N2/c1-14-9-7-10-15(2)20(14)22-18(5)13-19(6)23-21-16(3)11-8-12-17(21)4/h7-13,18,22-23H,1-6H3/b19-13+. The molecule has 1 unspecified atom stereocenters. The summed E-state index contributed by atoms with van der Waals surface area (Å²) in [5.41, 5.74) is 8.71. The summed E-state index contributed by atoms with van der Waals surface area (Å²) in [6.45, 7) is 12.9. The fourth-order valence-electron chi connectivity index (χ4n) is 2.94. The number of para-hydroxylation sites is 2. The van der Waals surface area contributed by atoms with Crippen LogP contribution in [0.25, 0.3) is 0 Å². The average Bonchev–Trinajstić information content (AvgIpc) is 2.47. The maximum Gasteiger partial charge on any atom is 0.0441 e. The van der Waals surface area contributed by atoms with Gasteiger partial charge in [-0.25, -0.2) is 0 Å². The summed E-state index contributed by atoms with van der Waals surface area (Å²) >= 11 is 0. The van der Waals surface area contributed by atoms with Gasteiger partial charge in [0.2, 0.25) is 0 Å². The fourth-order valence-corrected chi connectivity index (χ4v) is 2.94. The van der Waals surface area contributed by atoms with Crippen LogP contribution in [0.4, 0.5) is 11.4 Å². The minimum absolute atomic E-state index is 0.256. The van der Waals surface area contributed by atoms with Crippen molar-refractivity contribution in [1.82, 2.24) is 0 Å². The first kappa shape index (κ1) is 17.1. The Labute approximate surface area is 140 Å². The summed E-state index contributed by atoms with van der Waals surface area (Å²) in [6, 6.07) is 13.0. The number of hydrogen-bond donors (Lipinski definition) is 2. The van der Waals surface area contributed by atoms with Gasteiger partial charge in [-0.05, 0) is 69.9 Å². The predicted molar refractivity (Wildman–Crippen MR) is 102 cm³/mol. The molecule has 122 valence electrons. The Morgan fingerprint density at radius 1 is 0.826 bits per heavy atom. The molecule has 0 aliphatic rings. The van der Waals surface area contributed by atoms with Crippen molar-refractivity contribution in [2.24, 2.45) is 0 Å². The molecule has 0 aromatic heterocycles. The summed E-state index contributed by atoms with van der Waals surface area (Å²) in [5, 5.41) is 7.15. The quantitative estimate of drug-likeness (QED) is 0.736. The van der Waals surface area contributed by atoms with Crippen LogP contribution in [-0.2, 0) is 0 Å². The van der Waals surface area contributed by atoms with E-state index in [0.717, 1.165) is 5.70 Å². The van der Waals surface area contributed by atoms with Gasteiger partial charge in [0.15, 0.2) is 0 Å². The van der Waals surface area contributed by atoms with E-state index in [1.165, 1.54) is 33.6 Å². The Morgan fingerprint density at radius 3 is 1.74 bits per heavy atom. The maximum atomic E-state index is 3.61. The SMILES string of the molecule is C/C(=C\C(C)Nc1c(C)cccc1C)Nc1c(C)cccc1C. The fraction of sp³-hybridized carbons (Fsp3) is 0.333. The topological polar surface area (TPSA) is 24.1 Å². The second-order valence-electron chi connectivity index (χ2n) is 6.44. The van der Waals surface area contributed by atoms with Crippen molar-refractivity contribution in [2.75, 3.05) is 10.6 Å². The molecule has 0 bridgehead atoms.